The molecule has 0 aromatic heterocycles. The zero-order chi connectivity index (χ0) is 19.5. The molecule has 0 saturated carbocycles. The zero-order valence-corrected chi connectivity index (χ0v) is 16.3. The molecule has 0 rings (SSSR count). The first kappa shape index (κ1) is 24.5. The topological polar surface area (TPSA) is 86.6 Å². The number of aliphatic hydroxyl groups excluding tert-OH is 2. The number of carbonyl (C=O) groups excluding carboxylic acids is 2. The maximum atomic E-state index is 11.5. The molecule has 0 unspecified atom stereocenters. The second-order valence-corrected chi connectivity index (χ2v) is 6.66. The lowest BCUT2D eigenvalue weighted by atomic mass is 10.1. The number of carbonyl (C=O) groups is 2. The molecule has 0 aromatic carbocycles. The predicted molar refractivity (Wildman–Crippen MR) is 106 cm³/mol. The quantitative estimate of drug-likeness (QED) is 0.209. The number of hydrogen-bond acceptors (Lipinski definition) is 4. The van der Waals surface area contributed by atoms with Crippen molar-refractivity contribution < 1.29 is 19.8 Å². The molecule has 26 heavy (non-hydrogen) atoms. The molecular weight excluding hydrogens is 330 g/mol. The van der Waals surface area contributed by atoms with E-state index in [4.69, 9.17) is 10.2 Å². The number of aliphatic hydroxyl groups is 2. The third-order valence-corrected chi connectivity index (χ3v) is 4.08. The standard InChI is InChI=1S/C21H37NO4/c1-2-3-11-14-19(24)15-12-9-7-5-4-6-8-10-13-16-21(26)22-17-20(25)18-23/h7,9,12,15,20,23,25H,2-6,8,10-11,13-14,16-18H2,1H3,(H,22,26)/b9-7+,15-12+/t20-/m1/s1. The molecule has 5 nitrogen and oxygen atoms in total. The summed E-state index contributed by atoms with van der Waals surface area (Å²) < 4.78 is 0. The molecule has 0 fully saturated rings. The van der Waals surface area contributed by atoms with Crippen LogP contribution in [0.4, 0.5) is 0 Å². The summed E-state index contributed by atoms with van der Waals surface area (Å²) in [5.41, 5.74) is 0. The van der Waals surface area contributed by atoms with E-state index in [9.17, 15) is 9.59 Å². The zero-order valence-electron chi connectivity index (χ0n) is 16.3. The van der Waals surface area contributed by atoms with Crippen LogP contribution >= 0.6 is 0 Å². The van der Waals surface area contributed by atoms with Gasteiger partial charge in [-0.3, -0.25) is 9.59 Å². The Morgan fingerprint density at radius 2 is 1.65 bits per heavy atom. The third kappa shape index (κ3) is 17.4. The highest BCUT2D eigenvalue weighted by Crippen LogP contribution is 2.08. The van der Waals surface area contributed by atoms with Crippen molar-refractivity contribution in [1.82, 2.24) is 5.32 Å². The summed E-state index contributed by atoms with van der Waals surface area (Å²) in [6, 6.07) is 0. The highest BCUT2D eigenvalue weighted by Gasteiger charge is 2.05. The number of allylic oxidation sites excluding steroid dienone is 4. The molecule has 5 heteroatoms. The minimum Gasteiger partial charge on any atom is -0.394 e. The van der Waals surface area contributed by atoms with Crippen LogP contribution in [-0.4, -0.2) is 41.2 Å². The van der Waals surface area contributed by atoms with Gasteiger partial charge in [-0.25, -0.2) is 0 Å². The molecule has 1 amide bonds. The molecule has 0 aliphatic rings. The first-order valence-electron chi connectivity index (χ1n) is 10.0. The number of rotatable bonds is 17. The Balaban J connectivity index is 3.45. The molecule has 0 aromatic rings. The van der Waals surface area contributed by atoms with Gasteiger partial charge in [-0.05, 0) is 31.8 Å². The maximum Gasteiger partial charge on any atom is 0.220 e. The fourth-order valence-electron chi connectivity index (χ4n) is 2.43. The molecular formula is C21H37NO4. The van der Waals surface area contributed by atoms with Crippen LogP contribution < -0.4 is 5.32 Å². The average Bonchev–Trinajstić information content (AvgIpc) is 2.64. The summed E-state index contributed by atoms with van der Waals surface area (Å²) in [4.78, 5) is 23.0. The Hall–Kier alpha value is -1.46. The van der Waals surface area contributed by atoms with Gasteiger partial charge in [0.25, 0.3) is 0 Å². The van der Waals surface area contributed by atoms with E-state index in [1.165, 1.54) is 0 Å². The smallest absolute Gasteiger partial charge is 0.220 e. The fraction of sp³-hybridized carbons (Fsp3) is 0.714. The van der Waals surface area contributed by atoms with Crippen molar-refractivity contribution in [1.29, 1.82) is 0 Å². The maximum absolute atomic E-state index is 11.5. The van der Waals surface area contributed by atoms with Gasteiger partial charge in [-0.15, -0.1) is 0 Å². The Bertz CT molecular complexity index is 418. The number of ketones is 1. The lowest BCUT2D eigenvalue weighted by Crippen LogP contribution is -2.33. The largest absolute Gasteiger partial charge is 0.394 e. The first-order chi connectivity index (χ1) is 12.6. The molecule has 0 aliphatic carbocycles. The van der Waals surface area contributed by atoms with Crippen molar-refractivity contribution in [3.05, 3.63) is 24.3 Å². The Kier molecular flexibility index (Phi) is 17.3. The van der Waals surface area contributed by atoms with Gasteiger partial charge >= 0.3 is 0 Å². The van der Waals surface area contributed by atoms with E-state index in [1.54, 1.807) is 6.08 Å². The van der Waals surface area contributed by atoms with Gasteiger partial charge in [0.2, 0.25) is 5.91 Å². The molecule has 1 atom stereocenters. The molecule has 0 heterocycles. The van der Waals surface area contributed by atoms with E-state index in [1.807, 2.05) is 12.2 Å². The first-order valence-corrected chi connectivity index (χ1v) is 10.0. The van der Waals surface area contributed by atoms with E-state index >= 15 is 0 Å². The van der Waals surface area contributed by atoms with Crippen LogP contribution in [0.25, 0.3) is 0 Å². The summed E-state index contributed by atoms with van der Waals surface area (Å²) in [6.45, 7) is 1.91. The lowest BCUT2D eigenvalue weighted by molar-refractivity contribution is -0.121. The van der Waals surface area contributed by atoms with Crippen LogP contribution in [0, 0.1) is 0 Å². The summed E-state index contributed by atoms with van der Waals surface area (Å²) in [7, 11) is 0. The summed E-state index contributed by atoms with van der Waals surface area (Å²) in [5, 5.41) is 20.4. The highest BCUT2D eigenvalue weighted by atomic mass is 16.3. The van der Waals surface area contributed by atoms with E-state index in [2.05, 4.69) is 18.3 Å². The van der Waals surface area contributed by atoms with Gasteiger partial charge in [0.15, 0.2) is 5.78 Å². The Morgan fingerprint density at radius 1 is 0.962 bits per heavy atom. The second-order valence-electron chi connectivity index (χ2n) is 6.66. The van der Waals surface area contributed by atoms with E-state index in [0.29, 0.717) is 12.8 Å². The molecule has 0 spiro atoms. The van der Waals surface area contributed by atoms with Crippen molar-refractivity contribution in [2.24, 2.45) is 0 Å². The van der Waals surface area contributed by atoms with Crippen LogP contribution in [0.15, 0.2) is 24.3 Å². The average molecular weight is 368 g/mol. The fourth-order valence-corrected chi connectivity index (χ4v) is 2.43. The number of hydrogen-bond donors (Lipinski definition) is 3. The molecule has 0 radical (unpaired) electrons. The third-order valence-electron chi connectivity index (χ3n) is 4.08. The highest BCUT2D eigenvalue weighted by molar-refractivity contribution is 5.89. The normalized spacial score (nSPS) is 12.7. The van der Waals surface area contributed by atoms with Crippen LogP contribution in [-0.2, 0) is 9.59 Å². The van der Waals surface area contributed by atoms with E-state index in [-0.39, 0.29) is 24.8 Å². The minimum absolute atomic E-state index is 0.0727. The molecule has 3 N–H and O–H groups in total. The molecule has 0 bridgehead atoms. The van der Waals surface area contributed by atoms with Crippen LogP contribution in [0.5, 0.6) is 0 Å². The van der Waals surface area contributed by atoms with Gasteiger partial charge in [0.1, 0.15) is 0 Å². The van der Waals surface area contributed by atoms with E-state index in [0.717, 1.165) is 57.8 Å². The van der Waals surface area contributed by atoms with Gasteiger partial charge in [0.05, 0.1) is 12.7 Å². The Morgan fingerprint density at radius 3 is 2.38 bits per heavy atom. The van der Waals surface area contributed by atoms with Crippen molar-refractivity contribution >= 4 is 11.7 Å². The molecule has 150 valence electrons. The summed E-state index contributed by atoms with van der Waals surface area (Å²) in [6.07, 6.45) is 17.2. The lowest BCUT2D eigenvalue weighted by Gasteiger charge is -2.08. The van der Waals surface area contributed by atoms with Crippen LogP contribution in [0.1, 0.15) is 77.6 Å². The van der Waals surface area contributed by atoms with Gasteiger partial charge < -0.3 is 15.5 Å². The van der Waals surface area contributed by atoms with Crippen molar-refractivity contribution in [2.75, 3.05) is 13.2 Å². The summed E-state index contributed by atoms with van der Waals surface area (Å²) in [5.74, 6) is 0.134. The Labute approximate surface area is 158 Å². The number of unbranched alkanes of at least 4 members (excludes halogenated alkanes) is 7. The monoisotopic (exact) mass is 367 g/mol. The van der Waals surface area contributed by atoms with Crippen LogP contribution in [0.2, 0.25) is 0 Å². The van der Waals surface area contributed by atoms with Crippen molar-refractivity contribution in [3.63, 3.8) is 0 Å². The second kappa shape index (κ2) is 18.3. The summed E-state index contributed by atoms with van der Waals surface area (Å²) >= 11 is 0. The molecule has 0 aliphatic heterocycles. The van der Waals surface area contributed by atoms with Crippen molar-refractivity contribution in [2.45, 2.75) is 83.7 Å². The van der Waals surface area contributed by atoms with Gasteiger partial charge in [-0.2, -0.15) is 0 Å². The predicted octanol–water partition coefficient (Wildman–Crippen LogP) is 3.45. The SMILES string of the molecule is CCCCCC(=O)/C=C/C=C/CCCCCCCC(=O)NC[C@@H](O)CO. The van der Waals surface area contributed by atoms with Crippen molar-refractivity contribution in [3.8, 4) is 0 Å². The number of amides is 1. The number of nitrogens with one attached hydrogen (secondary N) is 1. The van der Waals surface area contributed by atoms with Crippen LogP contribution in [0.3, 0.4) is 0 Å². The van der Waals surface area contributed by atoms with E-state index < -0.39 is 6.10 Å². The van der Waals surface area contributed by atoms with Gasteiger partial charge in [-0.1, -0.05) is 57.3 Å². The minimum atomic E-state index is -0.874. The molecule has 0 saturated heterocycles. The van der Waals surface area contributed by atoms with Gasteiger partial charge in [0, 0.05) is 19.4 Å².